The molecule has 0 spiro atoms. The van der Waals surface area contributed by atoms with Crippen LogP contribution in [0, 0.1) is 0 Å². The van der Waals surface area contributed by atoms with Gasteiger partial charge < -0.3 is 16.4 Å². The zero-order chi connectivity index (χ0) is 7.44. The molecule has 0 bridgehead atoms. The summed E-state index contributed by atoms with van der Waals surface area (Å²) in [6.45, 7) is 1.22. The number of hydrogen-bond donors (Lipinski definition) is 3. The molecule has 0 amide bonds. The summed E-state index contributed by atoms with van der Waals surface area (Å²) in [6, 6.07) is 0. The van der Waals surface area contributed by atoms with Gasteiger partial charge in [0.05, 0.1) is 0 Å². The quantitative estimate of drug-likeness (QED) is 0.485. The number of carbonyl (C=O) groups is 2. The lowest BCUT2D eigenvalue weighted by atomic mass is 10.3. The van der Waals surface area contributed by atoms with Gasteiger partial charge in [0.25, 0.3) is 0 Å². The van der Waals surface area contributed by atoms with Crippen molar-refractivity contribution in [1.82, 2.24) is 6.15 Å². The third-order valence-electron chi connectivity index (χ3n) is 0.677. The Balaban J connectivity index is 0. The van der Waals surface area contributed by atoms with Crippen molar-refractivity contribution in [3.63, 3.8) is 0 Å². The summed E-state index contributed by atoms with van der Waals surface area (Å²) in [6.07, 6.45) is 0.641. The van der Waals surface area contributed by atoms with Crippen LogP contribution in [0.2, 0.25) is 0 Å². The normalized spacial score (nSPS) is 9.90. The Bertz CT molecular complexity index is 172. The van der Waals surface area contributed by atoms with Gasteiger partial charge in [0.2, 0.25) is 0 Å². The SMILES string of the molecule is C/C(=C\C(=O)O)C(=O)O.N. The highest BCUT2D eigenvalue weighted by atomic mass is 16.4. The maximum absolute atomic E-state index is 9.90. The van der Waals surface area contributed by atoms with E-state index >= 15 is 0 Å². The van der Waals surface area contributed by atoms with E-state index < -0.39 is 11.9 Å². The first-order valence-electron chi connectivity index (χ1n) is 2.18. The third kappa shape index (κ3) is 4.79. The molecular formula is C5H9NO4. The van der Waals surface area contributed by atoms with Gasteiger partial charge in [-0.1, -0.05) is 0 Å². The molecule has 0 aliphatic rings. The van der Waals surface area contributed by atoms with E-state index in [1.54, 1.807) is 0 Å². The van der Waals surface area contributed by atoms with Crippen LogP contribution in [-0.2, 0) is 9.59 Å². The molecule has 0 atom stereocenters. The standard InChI is InChI=1S/C5H6O4.H3N/c1-3(5(8)9)2-4(6)7;/h2H,1H3,(H,6,7)(H,8,9);1H3/b3-2+;. The van der Waals surface area contributed by atoms with Gasteiger partial charge in [0.1, 0.15) is 0 Å². The average molecular weight is 147 g/mol. The Morgan fingerprint density at radius 3 is 1.80 bits per heavy atom. The van der Waals surface area contributed by atoms with E-state index in [9.17, 15) is 9.59 Å². The molecule has 0 aliphatic heterocycles. The second-order valence-electron chi connectivity index (χ2n) is 1.47. The molecule has 10 heavy (non-hydrogen) atoms. The molecule has 0 unspecified atom stereocenters. The number of aliphatic carboxylic acids is 2. The molecule has 0 saturated carbocycles. The van der Waals surface area contributed by atoms with Crippen LogP contribution in [0.4, 0.5) is 0 Å². The number of hydrogen-bond acceptors (Lipinski definition) is 3. The van der Waals surface area contributed by atoms with Crippen LogP contribution in [0.25, 0.3) is 0 Å². The van der Waals surface area contributed by atoms with Gasteiger partial charge in [0.15, 0.2) is 0 Å². The molecule has 0 heterocycles. The highest BCUT2D eigenvalue weighted by Gasteiger charge is 2.00. The predicted octanol–water partition coefficient (Wildman–Crippen LogP) is 0.264. The summed E-state index contributed by atoms with van der Waals surface area (Å²) < 4.78 is 0. The fourth-order valence-corrected chi connectivity index (χ4v) is 0.247. The van der Waals surface area contributed by atoms with Crippen LogP contribution in [0.5, 0.6) is 0 Å². The maximum atomic E-state index is 9.90. The van der Waals surface area contributed by atoms with Crippen molar-refractivity contribution < 1.29 is 19.8 Å². The van der Waals surface area contributed by atoms with Gasteiger partial charge in [0, 0.05) is 11.6 Å². The van der Waals surface area contributed by atoms with Crippen molar-refractivity contribution in [3.05, 3.63) is 11.6 Å². The van der Waals surface area contributed by atoms with Gasteiger partial charge in [-0.2, -0.15) is 0 Å². The molecular weight excluding hydrogens is 138 g/mol. The Morgan fingerprint density at radius 2 is 1.70 bits per heavy atom. The minimum absolute atomic E-state index is 0. The van der Waals surface area contributed by atoms with Gasteiger partial charge >= 0.3 is 11.9 Å². The molecule has 0 aromatic carbocycles. The molecule has 0 fully saturated rings. The molecule has 0 saturated heterocycles. The van der Waals surface area contributed by atoms with Crippen LogP contribution in [0.3, 0.4) is 0 Å². The summed E-state index contributed by atoms with van der Waals surface area (Å²) in [5.74, 6) is -2.45. The lowest BCUT2D eigenvalue weighted by molar-refractivity contribution is -0.135. The zero-order valence-corrected chi connectivity index (χ0v) is 5.50. The van der Waals surface area contributed by atoms with Crippen molar-refractivity contribution >= 4 is 11.9 Å². The highest BCUT2D eigenvalue weighted by molar-refractivity contribution is 5.93. The highest BCUT2D eigenvalue weighted by Crippen LogP contribution is 1.89. The Hall–Kier alpha value is -1.36. The second kappa shape index (κ2) is 4.51. The van der Waals surface area contributed by atoms with Crippen LogP contribution < -0.4 is 6.15 Å². The van der Waals surface area contributed by atoms with Gasteiger partial charge in [-0.05, 0) is 6.92 Å². The predicted molar refractivity (Wildman–Crippen MR) is 34.1 cm³/mol. The molecule has 0 rings (SSSR count). The average Bonchev–Trinajstić information content (AvgIpc) is 1.63. The molecule has 0 aliphatic carbocycles. The van der Waals surface area contributed by atoms with Crippen molar-refractivity contribution in [1.29, 1.82) is 0 Å². The van der Waals surface area contributed by atoms with E-state index in [1.807, 2.05) is 0 Å². The third-order valence-corrected chi connectivity index (χ3v) is 0.677. The smallest absolute Gasteiger partial charge is 0.331 e. The summed E-state index contributed by atoms with van der Waals surface area (Å²) in [5.41, 5.74) is -0.178. The molecule has 0 radical (unpaired) electrons. The second-order valence-corrected chi connectivity index (χ2v) is 1.47. The minimum Gasteiger partial charge on any atom is -0.478 e. The van der Waals surface area contributed by atoms with E-state index in [0.717, 1.165) is 0 Å². The fourth-order valence-electron chi connectivity index (χ4n) is 0.247. The van der Waals surface area contributed by atoms with Gasteiger partial charge in [-0.25, -0.2) is 9.59 Å². The summed E-state index contributed by atoms with van der Waals surface area (Å²) in [5, 5.41) is 16.1. The molecule has 5 N–H and O–H groups in total. The minimum atomic E-state index is -1.24. The van der Waals surface area contributed by atoms with Gasteiger partial charge in [-0.3, -0.25) is 0 Å². The first-order valence-corrected chi connectivity index (χ1v) is 2.18. The monoisotopic (exact) mass is 147 g/mol. The van der Waals surface area contributed by atoms with Crippen LogP contribution in [0.1, 0.15) is 6.92 Å². The van der Waals surface area contributed by atoms with Crippen molar-refractivity contribution in [2.45, 2.75) is 6.92 Å². The fraction of sp³-hybridized carbons (Fsp3) is 0.200. The Morgan fingerprint density at radius 1 is 1.30 bits per heavy atom. The van der Waals surface area contributed by atoms with E-state index in [2.05, 4.69) is 0 Å². The van der Waals surface area contributed by atoms with Crippen molar-refractivity contribution in [2.75, 3.05) is 0 Å². The molecule has 0 aromatic heterocycles. The van der Waals surface area contributed by atoms with Crippen molar-refractivity contribution in [2.24, 2.45) is 0 Å². The maximum Gasteiger partial charge on any atom is 0.331 e. The molecule has 5 heteroatoms. The zero-order valence-electron chi connectivity index (χ0n) is 5.50. The topological polar surface area (TPSA) is 110 Å². The summed E-state index contributed by atoms with van der Waals surface area (Å²) in [7, 11) is 0. The van der Waals surface area contributed by atoms with Crippen molar-refractivity contribution in [3.8, 4) is 0 Å². The lowest BCUT2D eigenvalue weighted by Gasteiger charge is -1.86. The summed E-state index contributed by atoms with van der Waals surface area (Å²) >= 11 is 0. The molecule has 5 nitrogen and oxygen atoms in total. The molecule has 58 valence electrons. The molecule has 0 aromatic rings. The Kier molecular flexibility index (Phi) is 5.16. The number of carboxylic acids is 2. The van der Waals surface area contributed by atoms with Crippen LogP contribution >= 0.6 is 0 Å². The lowest BCUT2D eigenvalue weighted by Crippen LogP contribution is -1.99. The number of carboxylic acid groups (broad SMARTS) is 2. The number of rotatable bonds is 2. The Labute approximate surface area is 57.6 Å². The largest absolute Gasteiger partial charge is 0.478 e. The van der Waals surface area contributed by atoms with E-state index in [1.165, 1.54) is 6.92 Å². The van der Waals surface area contributed by atoms with E-state index in [0.29, 0.717) is 6.08 Å². The van der Waals surface area contributed by atoms with Gasteiger partial charge in [-0.15, -0.1) is 0 Å². The van der Waals surface area contributed by atoms with Crippen LogP contribution in [0.15, 0.2) is 11.6 Å². The van der Waals surface area contributed by atoms with E-state index in [4.69, 9.17) is 10.2 Å². The summed E-state index contributed by atoms with van der Waals surface area (Å²) in [4.78, 5) is 19.7. The van der Waals surface area contributed by atoms with Crippen LogP contribution in [-0.4, -0.2) is 22.2 Å². The van der Waals surface area contributed by atoms with E-state index in [-0.39, 0.29) is 11.7 Å². The first-order chi connectivity index (χ1) is 4.04. The first kappa shape index (κ1) is 11.4.